The standard InChI is InChI=1S/C15H16BrNO3S/c1-3-19-12-8-10(16)11(9-13(12)20-4-2)17-15(18)14-6-5-7-21-14/h5-9H,3-4H2,1-2H3,(H,17,18). The second-order valence-electron chi connectivity index (χ2n) is 4.08. The van der Waals surface area contributed by atoms with Crippen molar-refractivity contribution in [1.29, 1.82) is 0 Å². The Bertz CT molecular complexity index is 614. The van der Waals surface area contributed by atoms with Crippen LogP contribution in [0.1, 0.15) is 23.5 Å². The highest BCUT2D eigenvalue weighted by atomic mass is 79.9. The molecule has 2 rings (SSSR count). The third-order valence-electron chi connectivity index (χ3n) is 2.63. The van der Waals surface area contributed by atoms with Gasteiger partial charge >= 0.3 is 0 Å². The van der Waals surface area contributed by atoms with E-state index in [1.165, 1.54) is 11.3 Å². The largest absolute Gasteiger partial charge is 0.490 e. The van der Waals surface area contributed by atoms with E-state index in [1.54, 1.807) is 18.2 Å². The van der Waals surface area contributed by atoms with Gasteiger partial charge in [-0.2, -0.15) is 0 Å². The van der Waals surface area contributed by atoms with Crippen LogP contribution in [-0.2, 0) is 0 Å². The maximum Gasteiger partial charge on any atom is 0.265 e. The van der Waals surface area contributed by atoms with Gasteiger partial charge in [-0.3, -0.25) is 4.79 Å². The number of thiophene rings is 1. The summed E-state index contributed by atoms with van der Waals surface area (Å²) in [5, 5.41) is 4.74. The van der Waals surface area contributed by atoms with E-state index < -0.39 is 0 Å². The number of benzene rings is 1. The van der Waals surface area contributed by atoms with E-state index in [0.717, 1.165) is 4.47 Å². The molecule has 0 bridgehead atoms. The first-order valence-electron chi connectivity index (χ1n) is 6.59. The molecule has 0 spiro atoms. The number of hydrogen-bond acceptors (Lipinski definition) is 4. The molecule has 0 radical (unpaired) electrons. The lowest BCUT2D eigenvalue weighted by Gasteiger charge is -2.14. The quantitative estimate of drug-likeness (QED) is 0.811. The SMILES string of the molecule is CCOc1cc(Br)c(NC(=O)c2cccs2)cc1OCC. The molecule has 0 fully saturated rings. The van der Waals surface area contributed by atoms with Crippen molar-refractivity contribution in [2.24, 2.45) is 0 Å². The van der Waals surface area contributed by atoms with Crippen LogP contribution in [0.25, 0.3) is 0 Å². The molecule has 4 nitrogen and oxygen atoms in total. The van der Waals surface area contributed by atoms with E-state index >= 15 is 0 Å². The summed E-state index contributed by atoms with van der Waals surface area (Å²) in [6.07, 6.45) is 0. The van der Waals surface area contributed by atoms with Gasteiger partial charge < -0.3 is 14.8 Å². The Labute approximate surface area is 136 Å². The minimum Gasteiger partial charge on any atom is -0.490 e. The van der Waals surface area contributed by atoms with E-state index in [-0.39, 0.29) is 5.91 Å². The molecule has 1 heterocycles. The topological polar surface area (TPSA) is 47.6 Å². The van der Waals surface area contributed by atoms with Gasteiger partial charge in [-0.15, -0.1) is 11.3 Å². The van der Waals surface area contributed by atoms with Crippen LogP contribution in [0.15, 0.2) is 34.1 Å². The Balaban J connectivity index is 2.26. The smallest absolute Gasteiger partial charge is 0.265 e. The maximum atomic E-state index is 12.1. The molecule has 1 aromatic heterocycles. The molecule has 6 heteroatoms. The third-order valence-corrected chi connectivity index (χ3v) is 4.15. The van der Waals surface area contributed by atoms with Crippen molar-refractivity contribution >= 4 is 38.9 Å². The van der Waals surface area contributed by atoms with E-state index in [2.05, 4.69) is 21.2 Å². The summed E-state index contributed by atoms with van der Waals surface area (Å²) in [7, 11) is 0. The highest BCUT2D eigenvalue weighted by Gasteiger charge is 2.14. The fourth-order valence-corrected chi connectivity index (χ4v) is 2.80. The summed E-state index contributed by atoms with van der Waals surface area (Å²) >= 11 is 4.85. The second-order valence-corrected chi connectivity index (χ2v) is 5.88. The molecule has 21 heavy (non-hydrogen) atoms. The zero-order valence-electron chi connectivity index (χ0n) is 11.8. The van der Waals surface area contributed by atoms with Crippen LogP contribution in [0.5, 0.6) is 11.5 Å². The van der Waals surface area contributed by atoms with Crippen molar-refractivity contribution in [2.45, 2.75) is 13.8 Å². The number of nitrogens with one attached hydrogen (secondary N) is 1. The average Bonchev–Trinajstić information content (AvgIpc) is 2.98. The van der Waals surface area contributed by atoms with E-state index in [9.17, 15) is 4.79 Å². The predicted molar refractivity (Wildman–Crippen MR) is 88.8 cm³/mol. The lowest BCUT2D eigenvalue weighted by molar-refractivity contribution is 0.103. The third kappa shape index (κ3) is 3.98. The molecule has 0 aliphatic carbocycles. The fraction of sp³-hybridized carbons (Fsp3) is 0.267. The monoisotopic (exact) mass is 369 g/mol. The van der Waals surface area contributed by atoms with Gasteiger partial charge in [-0.05, 0) is 41.2 Å². The van der Waals surface area contributed by atoms with Crippen molar-refractivity contribution in [2.75, 3.05) is 18.5 Å². The molecule has 0 saturated carbocycles. The molecular weight excluding hydrogens is 354 g/mol. The number of anilines is 1. The fourth-order valence-electron chi connectivity index (χ4n) is 1.76. The molecule has 1 aromatic carbocycles. The minimum atomic E-state index is -0.141. The molecule has 0 unspecified atom stereocenters. The van der Waals surface area contributed by atoms with Gasteiger partial charge in [-0.25, -0.2) is 0 Å². The van der Waals surface area contributed by atoms with Gasteiger partial charge in [0, 0.05) is 16.6 Å². The van der Waals surface area contributed by atoms with Crippen LogP contribution in [0.3, 0.4) is 0 Å². The highest BCUT2D eigenvalue weighted by molar-refractivity contribution is 9.10. The number of amides is 1. The lowest BCUT2D eigenvalue weighted by Crippen LogP contribution is -2.11. The van der Waals surface area contributed by atoms with Crippen LogP contribution < -0.4 is 14.8 Å². The number of carbonyl (C=O) groups excluding carboxylic acids is 1. The molecule has 1 N–H and O–H groups in total. The molecule has 0 saturated heterocycles. The second kappa shape index (κ2) is 7.47. The van der Waals surface area contributed by atoms with Gasteiger partial charge in [0.2, 0.25) is 0 Å². The van der Waals surface area contributed by atoms with Crippen LogP contribution in [-0.4, -0.2) is 19.1 Å². The van der Waals surface area contributed by atoms with Crippen molar-refractivity contribution in [3.8, 4) is 11.5 Å². The molecule has 2 aromatic rings. The number of ether oxygens (including phenoxy) is 2. The summed E-state index contributed by atoms with van der Waals surface area (Å²) in [5.74, 6) is 1.13. The van der Waals surface area contributed by atoms with Crippen LogP contribution >= 0.6 is 27.3 Å². The van der Waals surface area contributed by atoms with Crippen LogP contribution in [0.2, 0.25) is 0 Å². The zero-order chi connectivity index (χ0) is 15.2. The van der Waals surface area contributed by atoms with E-state index in [1.807, 2.05) is 25.3 Å². The van der Waals surface area contributed by atoms with Gasteiger partial charge in [0.15, 0.2) is 11.5 Å². The summed E-state index contributed by atoms with van der Waals surface area (Å²) in [6, 6.07) is 7.20. The van der Waals surface area contributed by atoms with Gasteiger partial charge in [-0.1, -0.05) is 6.07 Å². The predicted octanol–water partition coefficient (Wildman–Crippen LogP) is 4.56. The molecule has 0 atom stereocenters. The Hall–Kier alpha value is -1.53. The van der Waals surface area contributed by atoms with Gasteiger partial charge in [0.1, 0.15) is 0 Å². The van der Waals surface area contributed by atoms with E-state index in [4.69, 9.17) is 9.47 Å². The maximum absolute atomic E-state index is 12.1. The summed E-state index contributed by atoms with van der Waals surface area (Å²) in [4.78, 5) is 12.8. The minimum absolute atomic E-state index is 0.141. The summed E-state index contributed by atoms with van der Waals surface area (Å²) in [5.41, 5.74) is 0.653. The van der Waals surface area contributed by atoms with E-state index in [0.29, 0.717) is 35.3 Å². The molecule has 112 valence electrons. The lowest BCUT2D eigenvalue weighted by atomic mass is 10.2. The molecule has 1 amide bonds. The average molecular weight is 370 g/mol. The Morgan fingerprint density at radius 1 is 1.24 bits per heavy atom. The first kappa shape index (κ1) is 15.9. The van der Waals surface area contributed by atoms with Crippen LogP contribution in [0.4, 0.5) is 5.69 Å². The Morgan fingerprint density at radius 3 is 2.48 bits per heavy atom. The van der Waals surface area contributed by atoms with Gasteiger partial charge in [0.25, 0.3) is 5.91 Å². The number of carbonyl (C=O) groups is 1. The zero-order valence-corrected chi connectivity index (χ0v) is 14.2. The van der Waals surface area contributed by atoms with Crippen molar-refractivity contribution in [3.05, 3.63) is 39.0 Å². The molecule has 0 aliphatic heterocycles. The molecule has 0 aliphatic rings. The van der Waals surface area contributed by atoms with Crippen molar-refractivity contribution < 1.29 is 14.3 Å². The Morgan fingerprint density at radius 2 is 1.90 bits per heavy atom. The number of rotatable bonds is 6. The van der Waals surface area contributed by atoms with Crippen molar-refractivity contribution in [1.82, 2.24) is 0 Å². The van der Waals surface area contributed by atoms with Gasteiger partial charge in [0.05, 0.1) is 23.8 Å². The number of hydrogen-bond donors (Lipinski definition) is 1. The molecular formula is C15H16BrNO3S. The Kier molecular flexibility index (Phi) is 5.64. The summed E-state index contributed by atoms with van der Waals surface area (Å²) in [6.45, 7) is 4.89. The summed E-state index contributed by atoms with van der Waals surface area (Å²) < 4.78 is 11.8. The normalized spacial score (nSPS) is 10.2. The highest BCUT2D eigenvalue weighted by Crippen LogP contribution is 2.37. The van der Waals surface area contributed by atoms with Crippen molar-refractivity contribution in [3.63, 3.8) is 0 Å². The number of halogens is 1. The first-order chi connectivity index (χ1) is 10.2. The first-order valence-corrected chi connectivity index (χ1v) is 8.27. The van der Waals surface area contributed by atoms with Crippen LogP contribution in [0, 0.1) is 0 Å².